The quantitative estimate of drug-likeness (QED) is 0.127. The fourth-order valence-electron chi connectivity index (χ4n) is 19.0. The maximum absolute atomic E-state index is 10.5. The largest absolute Gasteiger partial charge is 0.477 e. The number of rotatable bonds is 5. The third-order valence-electron chi connectivity index (χ3n) is 25.2. The number of fused-ring (bicyclic) bond motifs is 30. The zero-order valence-electron chi connectivity index (χ0n) is 70.6. The summed E-state index contributed by atoms with van der Waals surface area (Å²) < 4.78 is 0. The molecule has 0 amide bonds. The van der Waals surface area contributed by atoms with Crippen molar-refractivity contribution in [3.8, 4) is 67.2 Å². The fourth-order valence-corrected chi connectivity index (χ4v) is 19.0. The van der Waals surface area contributed by atoms with Gasteiger partial charge in [-0.15, -0.1) is 88.0 Å². The van der Waals surface area contributed by atoms with Crippen molar-refractivity contribution in [2.75, 3.05) is 0 Å². The van der Waals surface area contributed by atoms with Crippen LogP contribution >= 0.6 is 0 Å². The summed E-state index contributed by atoms with van der Waals surface area (Å²) in [6.07, 6.45) is 8.69. The van der Waals surface area contributed by atoms with Gasteiger partial charge in [-0.2, -0.15) is 0 Å². The number of pyridine rings is 5. The Hall–Kier alpha value is -12.7. The molecule has 9 nitrogen and oxygen atoms in total. The van der Waals surface area contributed by atoms with E-state index in [2.05, 4.69) is 342 Å². The van der Waals surface area contributed by atoms with Crippen LogP contribution in [0.4, 0.5) is 0 Å². The summed E-state index contributed by atoms with van der Waals surface area (Å²) in [6.45, 7) is 22.1. The van der Waals surface area contributed by atoms with Gasteiger partial charge in [0.25, 0.3) is 0 Å². The van der Waals surface area contributed by atoms with Crippen LogP contribution < -0.4 is 0 Å². The minimum atomic E-state index is -0.986. The van der Waals surface area contributed by atoms with E-state index < -0.39 is 11.9 Å². The van der Waals surface area contributed by atoms with Gasteiger partial charge in [0.1, 0.15) is 11.4 Å². The van der Waals surface area contributed by atoms with Crippen LogP contribution in [0.2, 0.25) is 0 Å². The minimum absolute atomic E-state index is 0. The second kappa shape index (κ2) is 34.1. The third-order valence-corrected chi connectivity index (χ3v) is 25.2. The van der Waals surface area contributed by atoms with Crippen molar-refractivity contribution in [1.82, 2.24) is 24.9 Å². The molecule has 0 atom stereocenters. The van der Waals surface area contributed by atoms with Gasteiger partial charge in [-0.25, -0.2) is 19.6 Å². The van der Waals surface area contributed by atoms with Crippen molar-refractivity contribution in [3.05, 3.63) is 402 Å². The number of aryl methyl sites for hydroxylation is 1. The van der Waals surface area contributed by atoms with E-state index in [-0.39, 0.29) is 93.4 Å². The molecule has 12 heteroatoms. The summed E-state index contributed by atoms with van der Waals surface area (Å²) in [5.74, 6) is -1.97. The van der Waals surface area contributed by atoms with Crippen molar-refractivity contribution in [3.63, 3.8) is 0 Å². The van der Waals surface area contributed by atoms with E-state index >= 15 is 0 Å². The van der Waals surface area contributed by atoms with Crippen LogP contribution in [0.3, 0.4) is 0 Å². The van der Waals surface area contributed by atoms with Gasteiger partial charge in [-0.1, -0.05) is 310 Å². The first kappa shape index (κ1) is 85.8. The molecule has 20 aromatic rings. The zero-order chi connectivity index (χ0) is 84.1. The normalized spacial score (nSPS) is 13.0. The predicted octanol–water partition coefficient (Wildman–Crippen LogP) is 28.1. The molecule has 2 N–H and O–H groups in total. The molecule has 3 aliphatic rings. The summed E-state index contributed by atoms with van der Waals surface area (Å²) in [4.78, 5) is 42.0. The van der Waals surface area contributed by atoms with E-state index in [0.717, 1.165) is 44.9 Å². The van der Waals surface area contributed by atoms with Gasteiger partial charge in [-0.05, 0) is 217 Å². The van der Waals surface area contributed by atoms with E-state index in [0.29, 0.717) is 0 Å². The van der Waals surface area contributed by atoms with Crippen molar-refractivity contribution in [2.45, 2.75) is 90.9 Å². The van der Waals surface area contributed by atoms with Crippen LogP contribution in [0.25, 0.3) is 164 Å². The molecule has 125 heavy (non-hydrogen) atoms. The molecule has 0 bridgehead atoms. The number of aromatic carboxylic acids is 2. The molecule has 15 aromatic carbocycles. The van der Waals surface area contributed by atoms with Crippen LogP contribution in [0.5, 0.6) is 0 Å². The van der Waals surface area contributed by atoms with Crippen molar-refractivity contribution in [2.24, 2.45) is 0 Å². The van der Waals surface area contributed by atoms with Crippen molar-refractivity contribution >= 4 is 109 Å². The molecule has 0 spiro atoms. The Labute approximate surface area is 767 Å². The molecule has 3 radical (unpaired) electrons. The maximum atomic E-state index is 10.5. The van der Waals surface area contributed by atoms with Gasteiger partial charge in [0.05, 0.1) is 0 Å². The minimum Gasteiger partial charge on any atom is -0.477 e. The van der Waals surface area contributed by atoms with Gasteiger partial charge in [-0.3, -0.25) is 0 Å². The van der Waals surface area contributed by atoms with Crippen LogP contribution in [0, 0.1) is 25.1 Å². The molecule has 0 saturated heterocycles. The Kier molecular flexibility index (Phi) is 23.4. The smallest absolute Gasteiger partial charge is 0.354 e. The first-order valence-corrected chi connectivity index (χ1v) is 41.4. The van der Waals surface area contributed by atoms with Gasteiger partial charge in [0.2, 0.25) is 0 Å². The van der Waals surface area contributed by atoms with Crippen LogP contribution in [-0.4, -0.2) is 47.1 Å². The standard InChI is InChI=1S/3C32H22N.C10H13NO2.C7H7NO2.3Ir/c3*1-32(2)27-17-16-25-23-11-4-3-9-21(23)22-10-5-6-12-24(22)30(25)31(27)26-15-14-20(19-28(26)32)29-13-7-8-18-33-29;1-10(2,3)7-4-5-8(9(12)13)11-6-7;1-5-2-3-6(7(9)10)8-4-5;;;/h3*3-13,15-19H,1-2H3;4-6H,1-3H3,(H,12,13);2-4H,1H3,(H,9,10);;;/q3*-1;;;;;. The second-order valence-corrected chi connectivity index (χ2v) is 34.6. The van der Waals surface area contributed by atoms with Crippen LogP contribution in [-0.2, 0) is 82.0 Å². The molecular weight excluding hydrogens is 2070 g/mol. The van der Waals surface area contributed by atoms with Crippen LogP contribution in [0.15, 0.2) is 328 Å². The number of benzene rings is 15. The Bertz CT molecular complexity index is 6910. The van der Waals surface area contributed by atoms with Crippen LogP contribution in [0.1, 0.15) is 128 Å². The average Bonchev–Trinajstić information content (AvgIpc) is 1.57. The molecule has 23 rings (SSSR count). The first-order chi connectivity index (χ1) is 59.0. The maximum Gasteiger partial charge on any atom is 0.354 e. The fraction of sp³-hybridized carbons (Fsp3) is 0.124. The Balaban J connectivity index is 0.000000121. The summed E-state index contributed by atoms with van der Waals surface area (Å²) in [7, 11) is 0. The number of hydrogen-bond acceptors (Lipinski definition) is 7. The molecule has 0 aliphatic heterocycles. The summed E-state index contributed by atoms with van der Waals surface area (Å²) in [5.41, 5.74) is 24.1. The number of carboxylic acids is 2. The van der Waals surface area contributed by atoms with Gasteiger partial charge < -0.3 is 25.2 Å². The predicted molar refractivity (Wildman–Crippen MR) is 502 cm³/mol. The molecule has 0 unspecified atom stereocenters. The Morgan fingerprint density at radius 1 is 0.296 bits per heavy atom. The van der Waals surface area contributed by atoms with Crippen molar-refractivity contribution < 1.29 is 80.1 Å². The zero-order valence-corrected chi connectivity index (χ0v) is 77.8. The van der Waals surface area contributed by atoms with Gasteiger partial charge in [0.15, 0.2) is 0 Å². The summed E-state index contributed by atoms with van der Waals surface area (Å²) in [5, 5.41) is 40.8. The van der Waals surface area contributed by atoms with Crippen molar-refractivity contribution in [1.29, 1.82) is 0 Å². The van der Waals surface area contributed by atoms with E-state index in [1.807, 2.05) is 61.9 Å². The third kappa shape index (κ3) is 15.0. The second-order valence-electron chi connectivity index (χ2n) is 34.6. The number of aromatic nitrogens is 5. The van der Waals surface area contributed by atoms with E-state index in [9.17, 15) is 9.59 Å². The Morgan fingerprint density at radius 3 is 0.792 bits per heavy atom. The number of carboxylic acid groups (broad SMARTS) is 2. The molecule has 5 heterocycles. The SMILES string of the molecule is CC(C)(C)c1ccc(C(=O)O)nc1.CC1(C)c2cc(-c3ccccn3)[c-]cc2-c2c1ccc1c3ccccc3c3ccccc3c21.CC1(C)c2cc(-c3ccccn3)[c-]cc2-c2c1ccc1c3ccccc3c3ccccc3c21.CC1(C)c2cc(-c3ccccn3)[c-]cc2-c2c1ccc1c3ccccc3c3ccccc3c21.Cc1ccc(C(=O)O)nc1.[Ir].[Ir].[Ir]. The number of carbonyl (C=O) groups is 2. The molecule has 0 fully saturated rings. The van der Waals surface area contributed by atoms with Gasteiger partial charge in [0, 0.05) is 91.3 Å². The molecular formula is C113H86Ir3N5O4-3. The summed E-state index contributed by atoms with van der Waals surface area (Å²) in [6, 6.07) is 116. The monoisotopic (exact) mass is 2160 g/mol. The molecule has 0 saturated carbocycles. The number of hydrogen-bond donors (Lipinski definition) is 2. The Morgan fingerprint density at radius 2 is 0.552 bits per heavy atom. The molecule has 617 valence electrons. The van der Waals surface area contributed by atoms with Gasteiger partial charge >= 0.3 is 11.9 Å². The first-order valence-electron chi connectivity index (χ1n) is 41.4. The average molecular weight is 2150 g/mol. The molecule has 3 aliphatic carbocycles. The van der Waals surface area contributed by atoms with E-state index in [4.69, 9.17) is 10.2 Å². The topological polar surface area (TPSA) is 139 Å². The van der Waals surface area contributed by atoms with E-state index in [1.165, 1.54) is 182 Å². The molecule has 5 aromatic heterocycles. The number of nitrogens with zero attached hydrogens (tertiary/aromatic N) is 5. The van der Waals surface area contributed by atoms with E-state index in [1.54, 1.807) is 18.3 Å². The summed E-state index contributed by atoms with van der Waals surface area (Å²) >= 11 is 0.